The molecule has 0 heterocycles. The first-order valence-corrected chi connectivity index (χ1v) is 5.58. The molecule has 1 unspecified atom stereocenters. The molecule has 0 saturated carbocycles. The quantitative estimate of drug-likeness (QED) is 0.872. The Balaban J connectivity index is 1.93. The minimum Gasteiger partial charge on any atom is -0.387 e. The lowest BCUT2D eigenvalue weighted by Crippen LogP contribution is -2.12. The van der Waals surface area contributed by atoms with E-state index in [9.17, 15) is 13.9 Å². The number of benzene rings is 2. The topological polar surface area (TPSA) is 32.3 Å². The maximum absolute atomic E-state index is 12.7. The lowest BCUT2D eigenvalue weighted by molar-refractivity contribution is 0.191. The normalized spacial score (nSPS) is 12.2. The Hall–Kier alpha value is -1.94. The number of aliphatic hydroxyl groups excluding tert-OH is 1. The lowest BCUT2D eigenvalue weighted by Gasteiger charge is -2.13. The van der Waals surface area contributed by atoms with Crippen LogP contribution in [0, 0.1) is 11.6 Å². The summed E-state index contributed by atoms with van der Waals surface area (Å²) in [5, 5.41) is 12.8. The zero-order chi connectivity index (χ0) is 13.0. The minimum atomic E-state index is -0.740. The first-order chi connectivity index (χ1) is 8.65. The molecule has 0 aliphatic rings. The highest BCUT2D eigenvalue weighted by atomic mass is 19.1. The van der Waals surface area contributed by atoms with Crippen molar-refractivity contribution in [2.75, 3.05) is 11.9 Å². The van der Waals surface area contributed by atoms with Crippen LogP contribution in [0.3, 0.4) is 0 Å². The van der Waals surface area contributed by atoms with Gasteiger partial charge in [0.15, 0.2) is 0 Å². The molecule has 0 saturated heterocycles. The van der Waals surface area contributed by atoms with E-state index in [0.717, 1.165) is 5.69 Å². The minimum absolute atomic E-state index is 0.275. The van der Waals surface area contributed by atoms with Crippen LogP contribution in [0.2, 0.25) is 0 Å². The van der Waals surface area contributed by atoms with Gasteiger partial charge in [-0.2, -0.15) is 0 Å². The second-order valence-electron chi connectivity index (χ2n) is 3.96. The van der Waals surface area contributed by atoms with Gasteiger partial charge < -0.3 is 10.4 Å². The van der Waals surface area contributed by atoms with E-state index in [4.69, 9.17) is 0 Å². The molecule has 2 aromatic rings. The van der Waals surface area contributed by atoms with E-state index in [2.05, 4.69) is 5.32 Å². The fraction of sp³-hybridized carbons (Fsp3) is 0.143. The molecule has 4 heteroatoms. The first-order valence-electron chi connectivity index (χ1n) is 5.58. The van der Waals surface area contributed by atoms with Gasteiger partial charge in [0.2, 0.25) is 0 Å². The van der Waals surface area contributed by atoms with Crippen LogP contribution in [0.15, 0.2) is 48.5 Å². The second kappa shape index (κ2) is 5.60. The summed E-state index contributed by atoms with van der Waals surface area (Å²) in [5.41, 5.74) is 1.35. The van der Waals surface area contributed by atoms with E-state index in [1.165, 1.54) is 36.4 Å². The van der Waals surface area contributed by atoms with E-state index in [1.807, 2.05) is 0 Å². The van der Waals surface area contributed by atoms with E-state index < -0.39 is 6.10 Å². The molecule has 0 aromatic heterocycles. The number of hydrogen-bond acceptors (Lipinski definition) is 2. The third-order valence-electron chi connectivity index (χ3n) is 2.60. The summed E-state index contributed by atoms with van der Waals surface area (Å²) in [7, 11) is 0. The van der Waals surface area contributed by atoms with E-state index in [-0.39, 0.29) is 18.2 Å². The number of rotatable bonds is 4. The van der Waals surface area contributed by atoms with Crippen LogP contribution < -0.4 is 5.32 Å². The number of hydrogen-bond donors (Lipinski definition) is 2. The highest BCUT2D eigenvalue weighted by Crippen LogP contribution is 2.15. The standard InChI is InChI=1S/C14H13F2NO/c15-11-3-1-10(2-4-11)14(18)9-17-13-7-5-12(16)6-8-13/h1-8,14,17-18H,9H2. The molecule has 18 heavy (non-hydrogen) atoms. The highest BCUT2D eigenvalue weighted by molar-refractivity contribution is 5.43. The molecule has 2 N–H and O–H groups in total. The maximum Gasteiger partial charge on any atom is 0.123 e. The zero-order valence-electron chi connectivity index (χ0n) is 9.61. The predicted octanol–water partition coefficient (Wildman–Crippen LogP) is 3.11. The average Bonchev–Trinajstić information content (AvgIpc) is 2.38. The largest absolute Gasteiger partial charge is 0.387 e. The number of halogens is 2. The van der Waals surface area contributed by atoms with Gasteiger partial charge in [-0.3, -0.25) is 0 Å². The Morgan fingerprint density at radius 1 is 0.889 bits per heavy atom. The van der Waals surface area contributed by atoms with Crippen LogP contribution in [0.5, 0.6) is 0 Å². The molecule has 94 valence electrons. The molecular formula is C14H13F2NO. The summed E-state index contributed by atoms with van der Waals surface area (Å²) >= 11 is 0. The SMILES string of the molecule is OC(CNc1ccc(F)cc1)c1ccc(F)cc1. The van der Waals surface area contributed by atoms with E-state index >= 15 is 0 Å². The molecule has 0 aliphatic heterocycles. The number of nitrogens with one attached hydrogen (secondary N) is 1. The average molecular weight is 249 g/mol. The van der Waals surface area contributed by atoms with Crippen LogP contribution in [0.1, 0.15) is 11.7 Å². The van der Waals surface area contributed by atoms with Crippen molar-refractivity contribution in [3.63, 3.8) is 0 Å². The lowest BCUT2D eigenvalue weighted by atomic mass is 10.1. The van der Waals surface area contributed by atoms with Crippen LogP contribution in [0.25, 0.3) is 0 Å². The van der Waals surface area contributed by atoms with Crippen molar-refractivity contribution in [1.29, 1.82) is 0 Å². The summed E-state index contributed by atoms with van der Waals surface area (Å²) in [4.78, 5) is 0. The molecule has 0 amide bonds. The van der Waals surface area contributed by atoms with Gasteiger partial charge in [-0.25, -0.2) is 8.78 Å². The number of aliphatic hydroxyl groups is 1. The second-order valence-corrected chi connectivity index (χ2v) is 3.96. The van der Waals surface area contributed by atoms with Crippen molar-refractivity contribution < 1.29 is 13.9 Å². The molecule has 0 radical (unpaired) electrons. The number of anilines is 1. The maximum atomic E-state index is 12.7. The van der Waals surface area contributed by atoms with Crippen molar-refractivity contribution in [2.45, 2.75) is 6.10 Å². The predicted molar refractivity (Wildman–Crippen MR) is 66.2 cm³/mol. The van der Waals surface area contributed by atoms with Crippen LogP contribution in [-0.2, 0) is 0 Å². The summed E-state index contributed by atoms with van der Waals surface area (Å²) < 4.78 is 25.4. The summed E-state index contributed by atoms with van der Waals surface area (Å²) in [6.45, 7) is 0.275. The Morgan fingerprint density at radius 2 is 1.39 bits per heavy atom. The summed E-state index contributed by atoms with van der Waals surface area (Å²) in [5.74, 6) is -0.642. The van der Waals surface area contributed by atoms with Gasteiger partial charge in [0, 0.05) is 12.2 Å². The molecule has 0 aliphatic carbocycles. The van der Waals surface area contributed by atoms with Crippen LogP contribution in [0.4, 0.5) is 14.5 Å². The zero-order valence-corrected chi connectivity index (χ0v) is 9.61. The van der Waals surface area contributed by atoms with Crippen molar-refractivity contribution in [2.24, 2.45) is 0 Å². The Morgan fingerprint density at radius 3 is 1.94 bits per heavy atom. The van der Waals surface area contributed by atoms with E-state index in [0.29, 0.717) is 5.56 Å². The fourth-order valence-electron chi connectivity index (χ4n) is 1.59. The third-order valence-corrected chi connectivity index (χ3v) is 2.60. The van der Waals surface area contributed by atoms with Crippen LogP contribution >= 0.6 is 0 Å². The van der Waals surface area contributed by atoms with Gasteiger partial charge in [-0.05, 0) is 42.0 Å². The van der Waals surface area contributed by atoms with E-state index in [1.54, 1.807) is 12.1 Å². The molecule has 0 bridgehead atoms. The van der Waals surface area contributed by atoms with Gasteiger partial charge in [-0.15, -0.1) is 0 Å². The molecule has 2 nitrogen and oxygen atoms in total. The van der Waals surface area contributed by atoms with Gasteiger partial charge in [0.25, 0.3) is 0 Å². The Labute approximate surface area is 104 Å². The van der Waals surface area contributed by atoms with Crippen molar-refractivity contribution in [3.05, 3.63) is 65.7 Å². The van der Waals surface area contributed by atoms with Gasteiger partial charge in [0.1, 0.15) is 11.6 Å². The molecular weight excluding hydrogens is 236 g/mol. The van der Waals surface area contributed by atoms with Crippen molar-refractivity contribution in [3.8, 4) is 0 Å². The van der Waals surface area contributed by atoms with Gasteiger partial charge >= 0.3 is 0 Å². The molecule has 0 fully saturated rings. The highest BCUT2D eigenvalue weighted by Gasteiger charge is 2.07. The Bertz CT molecular complexity index is 496. The van der Waals surface area contributed by atoms with Gasteiger partial charge in [-0.1, -0.05) is 12.1 Å². The van der Waals surface area contributed by atoms with Crippen LogP contribution in [-0.4, -0.2) is 11.7 Å². The van der Waals surface area contributed by atoms with Crippen molar-refractivity contribution >= 4 is 5.69 Å². The van der Waals surface area contributed by atoms with Crippen molar-refractivity contribution in [1.82, 2.24) is 0 Å². The molecule has 0 spiro atoms. The third kappa shape index (κ3) is 3.28. The molecule has 1 atom stereocenters. The first kappa shape index (κ1) is 12.5. The summed E-state index contributed by atoms with van der Waals surface area (Å²) in [6.07, 6.45) is -0.740. The summed E-state index contributed by atoms with van der Waals surface area (Å²) in [6, 6.07) is 11.5. The van der Waals surface area contributed by atoms with Gasteiger partial charge in [0.05, 0.1) is 6.10 Å². The smallest absolute Gasteiger partial charge is 0.123 e. The Kier molecular flexibility index (Phi) is 3.89. The monoisotopic (exact) mass is 249 g/mol. The molecule has 2 aromatic carbocycles. The fourth-order valence-corrected chi connectivity index (χ4v) is 1.59. The molecule has 2 rings (SSSR count).